The third-order valence-electron chi connectivity index (χ3n) is 3.06. The number of nitrogens with zero attached hydrogens (tertiary/aromatic N) is 5. The lowest BCUT2D eigenvalue weighted by Crippen LogP contribution is -2.29. The summed E-state index contributed by atoms with van der Waals surface area (Å²) in [6, 6.07) is 1.79. The van der Waals surface area contributed by atoms with Crippen LogP contribution in [0.25, 0.3) is 0 Å². The largest absolute Gasteiger partial charge is 0.342 e. The van der Waals surface area contributed by atoms with Crippen LogP contribution in [-0.2, 0) is 13.6 Å². The first-order valence-electron chi connectivity index (χ1n) is 6.54. The predicted octanol–water partition coefficient (Wildman–Crippen LogP) is -0.149. The Morgan fingerprint density at radius 2 is 2.35 bits per heavy atom. The monoisotopic (exact) mass is 277 g/mol. The molecule has 0 aliphatic rings. The number of aryl methyl sites for hydroxylation is 1. The molecule has 0 aliphatic heterocycles. The Morgan fingerprint density at radius 3 is 2.95 bits per heavy atom. The van der Waals surface area contributed by atoms with Gasteiger partial charge in [0.05, 0.1) is 24.5 Å². The van der Waals surface area contributed by atoms with E-state index in [0.29, 0.717) is 18.8 Å². The number of amides is 1. The summed E-state index contributed by atoms with van der Waals surface area (Å²) in [5, 5.41) is 14.7. The molecule has 1 amide bonds. The molecule has 0 saturated heterocycles. The number of rotatable bonds is 6. The molecule has 20 heavy (non-hydrogen) atoms. The molecule has 2 heterocycles. The van der Waals surface area contributed by atoms with Crippen LogP contribution in [0.4, 0.5) is 0 Å². The van der Waals surface area contributed by atoms with Crippen LogP contribution in [0.3, 0.4) is 0 Å². The van der Waals surface area contributed by atoms with Crippen molar-refractivity contribution in [3.05, 3.63) is 29.8 Å². The summed E-state index contributed by atoms with van der Waals surface area (Å²) >= 11 is 0. The number of hydrogen-bond donors (Lipinski definition) is 2. The van der Waals surface area contributed by atoms with Crippen LogP contribution in [0.2, 0.25) is 0 Å². The number of nitrogens with one attached hydrogen (secondary N) is 1. The topological polar surface area (TPSA) is 104 Å². The Kier molecular flexibility index (Phi) is 4.46. The summed E-state index contributed by atoms with van der Waals surface area (Å²) in [5.41, 5.74) is 6.67. The zero-order chi connectivity index (χ0) is 14.5. The highest BCUT2D eigenvalue weighted by molar-refractivity contribution is 5.92. The molecule has 0 spiro atoms. The smallest absolute Gasteiger partial charge is 0.273 e. The zero-order valence-electron chi connectivity index (χ0n) is 11.7. The highest BCUT2D eigenvalue weighted by atomic mass is 16.2. The Balaban J connectivity index is 2.07. The Hall–Kier alpha value is -2.22. The van der Waals surface area contributed by atoms with Crippen molar-refractivity contribution in [1.82, 2.24) is 30.1 Å². The van der Waals surface area contributed by atoms with Gasteiger partial charge in [-0.2, -0.15) is 5.10 Å². The minimum absolute atomic E-state index is 0.102. The first-order chi connectivity index (χ1) is 9.65. The highest BCUT2D eigenvalue weighted by Crippen LogP contribution is 2.15. The van der Waals surface area contributed by atoms with Gasteiger partial charge in [-0.1, -0.05) is 12.1 Å². The molecule has 0 saturated carbocycles. The van der Waals surface area contributed by atoms with E-state index >= 15 is 0 Å². The zero-order valence-corrected chi connectivity index (χ0v) is 11.7. The fourth-order valence-corrected chi connectivity index (χ4v) is 1.99. The average Bonchev–Trinajstić information content (AvgIpc) is 3.05. The molecule has 0 radical (unpaired) electrons. The Bertz CT molecular complexity index is 574. The third kappa shape index (κ3) is 3.02. The van der Waals surface area contributed by atoms with E-state index < -0.39 is 0 Å². The number of aromatic nitrogens is 5. The van der Waals surface area contributed by atoms with Gasteiger partial charge in [0.1, 0.15) is 0 Å². The average molecular weight is 277 g/mol. The summed E-state index contributed by atoms with van der Waals surface area (Å²) < 4.78 is 3.31. The second kappa shape index (κ2) is 6.29. The van der Waals surface area contributed by atoms with E-state index in [2.05, 4.69) is 20.7 Å². The van der Waals surface area contributed by atoms with Crippen molar-refractivity contribution < 1.29 is 4.79 Å². The second-order valence-corrected chi connectivity index (χ2v) is 4.47. The van der Waals surface area contributed by atoms with Crippen molar-refractivity contribution in [2.45, 2.75) is 25.9 Å². The second-order valence-electron chi connectivity index (χ2n) is 4.47. The van der Waals surface area contributed by atoms with Crippen LogP contribution < -0.4 is 11.1 Å². The van der Waals surface area contributed by atoms with Gasteiger partial charge in [-0.25, -0.2) is 0 Å². The fraction of sp³-hybridized carbons (Fsp3) is 0.500. The number of nitrogens with two attached hydrogens (primary N) is 1. The van der Waals surface area contributed by atoms with Crippen molar-refractivity contribution in [2.75, 3.05) is 6.54 Å². The molecule has 1 unspecified atom stereocenters. The molecule has 2 aromatic heterocycles. The molecule has 0 fully saturated rings. The van der Waals surface area contributed by atoms with Gasteiger partial charge in [0, 0.05) is 19.8 Å². The van der Waals surface area contributed by atoms with Gasteiger partial charge < -0.3 is 11.1 Å². The van der Waals surface area contributed by atoms with Crippen LogP contribution in [0, 0.1) is 0 Å². The van der Waals surface area contributed by atoms with Crippen LogP contribution >= 0.6 is 0 Å². The third-order valence-corrected chi connectivity index (χ3v) is 3.06. The number of carbonyl (C=O) groups excluding carboxylic acids is 1. The minimum atomic E-state index is -0.249. The van der Waals surface area contributed by atoms with Gasteiger partial charge in [0.15, 0.2) is 5.69 Å². The van der Waals surface area contributed by atoms with Crippen molar-refractivity contribution in [3.63, 3.8) is 0 Å². The Labute approximate surface area is 116 Å². The molecule has 0 aliphatic carbocycles. The van der Waals surface area contributed by atoms with Crippen molar-refractivity contribution in [1.29, 1.82) is 0 Å². The molecule has 2 aromatic rings. The predicted molar refractivity (Wildman–Crippen MR) is 72.8 cm³/mol. The van der Waals surface area contributed by atoms with Crippen LogP contribution in [0.5, 0.6) is 0 Å². The molecule has 8 nitrogen and oxygen atoms in total. The summed E-state index contributed by atoms with van der Waals surface area (Å²) in [4.78, 5) is 12.2. The van der Waals surface area contributed by atoms with E-state index in [1.165, 1.54) is 0 Å². The lowest BCUT2D eigenvalue weighted by molar-refractivity contribution is 0.0929. The van der Waals surface area contributed by atoms with Crippen LogP contribution in [-0.4, -0.2) is 37.2 Å². The van der Waals surface area contributed by atoms with Gasteiger partial charge in [-0.05, 0) is 12.5 Å². The molecular weight excluding hydrogens is 258 g/mol. The highest BCUT2D eigenvalue weighted by Gasteiger charge is 2.18. The van der Waals surface area contributed by atoms with E-state index in [-0.39, 0.29) is 11.9 Å². The van der Waals surface area contributed by atoms with Gasteiger partial charge in [-0.15, -0.1) is 5.10 Å². The van der Waals surface area contributed by atoms with E-state index in [0.717, 1.165) is 12.1 Å². The quantitative estimate of drug-likeness (QED) is 0.764. The minimum Gasteiger partial charge on any atom is -0.342 e. The first kappa shape index (κ1) is 14.2. The van der Waals surface area contributed by atoms with Crippen molar-refractivity contribution in [2.24, 2.45) is 12.8 Å². The summed E-state index contributed by atoms with van der Waals surface area (Å²) in [6.45, 7) is 3.00. The fourth-order valence-electron chi connectivity index (χ4n) is 1.99. The van der Waals surface area contributed by atoms with E-state index in [4.69, 9.17) is 5.73 Å². The van der Waals surface area contributed by atoms with E-state index in [9.17, 15) is 4.79 Å². The molecule has 2 rings (SSSR count). The van der Waals surface area contributed by atoms with Gasteiger partial charge in [0.2, 0.25) is 0 Å². The van der Waals surface area contributed by atoms with E-state index in [1.807, 2.05) is 20.0 Å². The van der Waals surface area contributed by atoms with Gasteiger partial charge in [-0.3, -0.25) is 14.2 Å². The summed E-state index contributed by atoms with van der Waals surface area (Å²) in [7, 11) is 1.85. The number of carbonyl (C=O) groups is 1. The standard InChI is InChI=1S/C12H19N7O/c1-3-9(11-4-6-14-18(11)2)15-12(20)10-8-19(7-5-13)17-16-10/h4,6,8-9H,3,5,7,13H2,1-2H3,(H,15,20). The van der Waals surface area contributed by atoms with Crippen LogP contribution in [0.1, 0.15) is 35.6 Å². The Morgan fingerprint density at radius 1 is 1.55 bits per heavy atom. The molecule has 3 N–H and O–H groups in total. The molecule has 0 bridgehead atoms. The SMILES string of the molecule is CCC(NC(=O)c1cn(CCN)nn1)c1ccnn1C. The maximum Gasteiger partial charge on any atom is 0.273 e. The maximum absolute atomic E-state index is 12.2. The van der Waals surface area contributed by atoms with Crippen LogP contribution in [0.15, 0.2) is 18.5 Å². The van der Waals surface area contributed by atoms with Gasteiger partial charge in [0.25, 0.3) is 5.91 Å². The van der Waals surface area contributed by atoms with Crippen molar-refractivity contribution in [3.8, 4) is 0 Å². The number of hydrogen-bond acceptors (Lipinski definition) is 5. The molecule has 108 valence electrons. The lowest BCUT2D eigenvalue weighted by atomic mass is 10.1. The molecule has 0 aromatic carbocycles. The molecule has 8 heteroatoms. The molecule has 1 atom stereocenters. The lowest BCUT2D eigenvalue weighted by Gasteiger charge is -2.16. The summed E-state index contributed by atoms with van der Waals surface area (Å²) in [6.07, 6.45) is 4.07. The van der Waals surface area contributed by atoms with E-state index in [1.54, 1.807) is 21.8 Å². The van der Waals surface area contributed by atoms with Crippen molar-refractivity contribution >= 4 is 5.91 Å². The van der Waals surface area contributed by atoms with Gasteiger partial charge >= 0.3 is 0 Å². The molecular formula is C12H19N7O. The first-order valence-corrected chi connectivity index (χ1v) is 6.54. The maximum atomic E-state index is 12.2. The normalized spacial score (nSPS) is 12.3. The summed E-state index contributed by atoms with van der Waals surface area (Å²) in [5.74, 6) is -0.249.